The molecule has 2 aromatic rings. The van der Waals surface area contributed by atoms with Crippen LogP contribution < -0.4 is 5.73 Å². The molecule has 0 aliphatic carbocycles. The van der Waals surface area contributed by atoms with Gasteiger partial charge in [-0.05, 0) is 44.2 Å². The van der Waals surface area contributed by atoms with Gasteiger partial charge in [-0.15, -0.1) is 0 Å². The second kappa shape index (κ2) is 6.23. The van der Waals surface area contributed by atoms with Crippen LogP contribution >= 0.6 is 0 Å². The van der Waals surface area contributed by atoms with Crippen molar-refractivity contribution in [1.29, 1.82) is 0 Å². The lowest BCUT2D eigenvalue weighted by molar-refractivity contribution is 0.404. The molecule has 0 fully saturated rings. The van der Waals surface area contributed by atoms with Gasteiger partial charge in [0, 0.05) is 5.54 Å². The molecule has 1 unspecified atom stereocenters. The van der Waals surface area contributed by atoms with Gasteiger partial charge >= 0.3 is 0 Å². The van der Waals surface area contributed by atoms with Gasteiger partial charge in [0.25, 0.3) is 0 Å². The molecule has 0 aromatic heterocycles. The van der Waals surface area contributed by atoms with Crippen molar-refractivity contribution in [2.75, 3.05) is 0 Å². The van der Waals surface area contributed by atoms with Crippen molar-refractivity contribution in [3.8, 4) is 0 Å². The number of hydrogen-bond acceptors (Lipinski definition) is 1. The Morgan fingerprint density at radius 2 is 1.40 bits per heavy atom. The molecule has 106 valence electrons. The van der Waals surface area contributed by atoms with Crippen LogP contribution in [0.5, 0.6) is 0 Å². The standard InChI is InChI=1S/C19H25N/c1-4-19(20,13-17-8-6-5-7-9-17)14-18-11-15(2)10-16(3)12-18/h5-12H,4,13-14,20H2,1-3H3. The van der Waals surface area contributed by atoms with Crippen molar-refractivity contribution >= 4 is 0 Å². The molecule has 0 bridgehead atoms. The number of hydrogen-bond donors (Lipinski definition) is 1. The van der Waals surface area contributed by atoms with Crippen molar-refractivity contribution in [2.45, 2.75) is 45.6 Å². The molecule has 0 saturated carbocycles. The van der Waals surface area contributed by atoms with E-state index in [0.29, 0.717) is 0 Å². The zero-order chi connectivity index (χ0) is 14.6. The van der Waals surface area contributed by atoms with Crippen molar-refractivity contribution in [1.82, 2.24) is 0 Å². The van der Waals surface area contributed by atoms with Gasteiger partial charge in [-0.3, -0.25) is 0 Å². The molecule has 1 atom stereocenters. The Labute approximate surface area is 122 Å². The summed E-state index contributed by atoms with van der Waals surface area (Å²) in [7, 11) is 0. The Hall–Kier alpha value is -1.60. The van der Waals surface area contributed by atoms with E-state index < -0.39 is 0 Å². The summed E-state index contributed by atoms with van der Waals surface area (Å²) in [6, 6.07) is 17.3. The van der Waals surface area contributed by atoms with E-state index in [0.717, 1.165) is 19.3 Å². The fraction of sp³-hybridized carbons (Fsp3) is 0.368. The molecular formula is C19H25N. The largest absolute Gasteiger partial charge is 0.325 e. The molecule has 0 radical (unpaired) electrons. The summed E-state index contributed by atoms with van der Waals surface area (Å²) in [4.78, 5) is 0. The van der Waals surface area contributed by atoms with E-state index in [9.17, 15) is 0 Å². The van der Waals surface area contributed by atoms with E-state index in [1.54, 1.807) is 0 Å². The molecule has 0 aliphatic heterocycles. The second-order valence-corrected chi connectivity index (χ2v) is 6.05. The van der Waals surface area contributed by atoms with Crippen LogP contribution in [0.1, 0.15) is 35.6 Å². The van der Waals surface area contributed by atoms with Crippen LogP contribution in [-0.4, -0.2) is 5.54 Å². The van der Waals surface area contributed by atoms with Crippen LogP contribution in [0.2, 0.25) is 0 Å². The molecule has 1 heteroatoms. The maximum Gasteiger partial charge on any atom is 0.0233 e. The average Bonchev–Trinajstić information content (AvgIpc) is 2.38. The quantitative estimate of drug-likeness (QED) is 0.863. The van der Waals surface area contributed by atoms with E-state index in [2.05, 4.69) is 69.3 Å². The third kappa shape index (κ3) is 3.94. The van der Waals surface area contributed by atoms with Gasteiger partial charge in [-0.25, -0.2) is 0 Å². The topological polar surface area (TPSA) is 26.0 Å². The third-order valence-electron chi connectivity index (χ3n) is 3.94. The Balaban J connectivity index is 2.18. The first-order chi connectivity index (χ1) is 9.50. The lowest BCUT2D eigenvalue weighted by Crippen LogP contribution is -2.43. The summed E-state index contributed by atoms with van der Waals surface area (Å²) < 4.78 is 0. The summed E-state index contributed by atoms with van der Waals surface area (Å²) in [6.45, 7) is 6.49. The van der Waals surface area contributed by atoms with E-state index in [1.165, 1.54) is 22.3 Å². The maximum atomic E-state index is 6.66. The van der Waals surface area contributed by atoms with Gasteiger partial charge in [0.2, 0.25) is 0 Å². The highest BCUT2D eigenvalue weighted by Gasteiger charge is 2.23. The summed E-state index contributed by atoms with van der Waals surface area (Å²) in [5, 5.41) is 0. The first kappa shape index (κ1) is 14.8. The smallest absolute Gasteiger partial charge is 0.0233 e. The SMILES string of the molecule is CCC(N)(Cc1ccccc1)Cc1cc(C)cc(C)c1. The molecule has 0 spiro atoms. The van der Waals surface area contributed by atoms with Crippen molar-refractivity contribution < 1.29 is 0 Å². The number of benzene rings is 2. The molecule has 2 N–H and O–H groups in total. The van der Waals surface area contributed by atoms with Crippen molar-refractivity contribution in [3.05, 3.63) is 70.8 Å². The van der Waals surface area contributed by atoms with Crippen LogP contribution in [0.15, 0.2) is 48.5 Å². The molecular weight excluding hydrogens is 242 g/mol. The van der Waals surface area contributed by atoms with Gasteiger partial charge in [0.15, 0.2) is 0 Å². The minimum Gasteiger partial charge on any atom is -0.325 e. The number of rotatable bonds is 5. The second-order valence-electron chi connectivity index (χ2n) is 6.05. The molecule has 0 saturated heterocycles. The van der Waals surface area contributed by atoms with E-state index in [-0.39, 0.29) is 5.54 Å². The fourth-order valence-electron chi connectivity index (χ4n) is 2.89. The van der Waals surface area contributed by atoms with Gasteiger partial charge in [-0.1, -0.05) is 66.6 Å². The van der Waals surface area contributed by atoms with E-state index in [1.807, 2.05) is 0 Å². The first-order valence-corrected chi connectivity index (χ1v) is 7.41. The normalized spacial score (nSPS) is 14.0. The minimum absolute atomic E-state index is 0.165. The van der Waals surface area contributed by atoms with Crippen molar-refractivity contribution in [2.24, 2.45) is 5.73 Å². The Morgan fingerprint density at radius 3 is 1.95 bits per heavy atom. The Bertz CT molecular complexity index is 539. The molecule has 2 aromatic carbocycles. The van der Waals surface area contributed by atoms with Gasteiger partial charge < -0.3 is 5.73 Å². The van der Waals surface area contributed by atoms with Crippen LogP contribution in [0.3, 0.4) is 0 Å². The van der Waals surface area contributed by atoms with Gasteiger partial charge in [0.1, 0.15) is 0 Å². The molecule has 20 heavy (non-hydrogen) atoms. The molecule has 0 amide bonds. The van der Waals surface area contributed by atoms with Crippen LogP contribution in [-0.2, 0) is 12.8 Å². The summed E-state index contributed by atoms with van der Waals surface area (Å²) in [5.74, 6) is 0. The molecule has 1 nitrogen and oxygen atoms in total. The first-order valence-electron chi connectivity index (χ1n) is 7.41. The summed E-state index contributed by atoms with van der Waals surface area (Å²) >= 11 is 0. The lowest BCUT2D eigenvalue weighted by atomic mass is 9.83. The third-order valence-corrected chi connectivity index (χ3v) is 3.94. The van der Waals surface area contributed by atoms with Crippen LogP contribution in [0.4, 0.5) is 0 Å². The van der Waals surface area contributed by atoms with Crippen LogP contribution in [0, 0.1) is 13.8 Å². The minimum atomic E-state index is -0.165. The number of aryl methyl sites for hydroxylation is 2. The number of nitrogens with two attached hydrogens (primary N) is 1. The predicted octanol–water partition coefficient (Wildman–Crippen LogP) is 4.20. The highest BCUT2D eigenvalue weighted by molar-refractivity contribution is 5.30. The highest BCUT2D eigenvalue weighted by Crippen LogP contribution is 2.21. The monoisotopic (exact) mass is 267 g/mol. The van der Waals surface area contributed by atoms with E-state index in [4.69, 9.17) is 5.73 Å². The lowest BCUT2D eigenvalue weighted by Gasteiger charge is -2.29. The zero-order valence-electron chi connectivity index (χ0n) is 12.8. The van der Waals surface area contributed by atoms with E-state index >= 15 is 0 Å². The maximum absolute atomic E-state index is 6.66. The predicted molar refractivity (Wildman–Crippen MR) is 87.0 cm³/mol. The summed E-state index contributed by atoms with van der Waals surface area (Å²) in [6.07, 6.45) is 2.84. The molecule has 0 heterocycles. The van der Waals surface area contributed by atoms with Crippen molar-refractivity contribution in [3.63, 3.8) is 0 Å². The average molecular weight is 267 g/mol. The molecule has 0 aliphatic rings. The van der Waals surface area contributed by atoms with Crippen LogP contribution in [0.25, 0.3) is 0 Å². The Kier molecular flexibility index (Phi) is 4.61. The Morgan fingerprint density at radius 1 is 0.850 bits per heavy atom. The van der Waals surface area contributed by atoms with Gasteiger partial charge in [-0.2, -0.15) is 0 Å². The van der Waals surface area contributed by atoms with Gasteiger partial charge in [0.05, 0.1) is 0 Å². The molecule has 2 rings (SSSR count). The fourth-order valence-corrected chi connectivity index (χ4v) is 2.89. The highest BCUT2D eigenvalue weighted by atomic mass is 14.7. The summed E-state index contributed by atoms with van der Waals surface area (Å²) in [5.41, 5.74) is 11.8. The zero-order valence-corrected chi connectivity index (χ0v) is 12.8.